The summed E-state index contributed by atoms with van der Waals surface area (Å²) < 4.78 is 7.65. The summed E-state index contributed by atoms with van der Waals surface area (Å²) in [6.07, 6.45) is 3.13. The van der Waals surface area contributed by atoms with Crippen molar-refractivity contribution in [2.45, 2.75) is 38.6 Å². The topological polar surface area (TPSA) is 72.5 Å². The van der Waals surface area contributed by atoms with Crippen molar-refractivity contribution in [1.82, 2.24) is 24.9 Å². The first-order valence-corrected chi connectivity index (χ1v) is 6.09. The van der Waals surface area contributed by atoms with Gasteiger partial charge in [-0.15, -0.1) is 0 Å². The molecule has 1 aliphatic carbocycles. The van der Waals surface area contributed by atoms with Crippen LogP contribution in [0.25, 0.3) is 0 Å². The number of aromatic nitrogens is 5. The van der Waals surface area contributed by atoms with Gasteiger partial charge in [0.25, 0.3) is 0 Å². The fourth-order valence-corrected chi connectivity index (χ4v) is 2.08. The van der Waals surface area contributed by atoms with Crippen molar-refractivity contribution in [2.24, 2.45) is 0 Å². The molecule has 0 spiro atoms. The number of nitrogens with zero attached hydrogens (tertiary/aromatic N) is 4. The van der Waals surface area contributed by atoms with Gasteiger partial charge in [-0.25, -0.2) is 0 Å². The minimum atomic E-state index is 0.579. The minimum absolute atomic E-state index is 0.579. The standard InChI is InChI=1S/C10H13N5OS/c1-6-11-8(14-16-6)4-5-15-9(7-2-3-7)12-13-10(15)17/h7H,2-5H2,1H3,(H,13,17). The van der Waals surface area contributed by atoms with Gasteiger partial charge in [0.05, 0.1) is 0 Å². The summed E-state index contributed by atoms with van der Waals surface area (Å²) in [5, 5.41) is 11.0. The van der Waals surface area contributed by atoms with E-state index in [0.29, 0.717) is 28.8 Å². The van der Waals surface area contributed by atoms with Gasteiger partial charge in [-0.3, -0.25) is 5.10 Å². The smallest absolute Gasteiger partial charge is 0.223 e. The molecule has 2 aromatic rings. The maximum absolute atomic E-state index is 5.22. The highest BCUT2D eigenvalue weighted by Gasteiger charge is 2.28. The van der Waals surface area contributed by atoms with E-state index in [0.717, 1.165) is 12.4 Å². The van der Waals surface area contributed by atoms with Gasteiger partial charge in [0.1, 0.15) is 5.82 Å². The number of H-pyrrole nitrogens is 1. The average molecular weight is 251 g/mol. The lowest BCUT2D eigenvalue weighted by Gasteiger charge is -2.03. The first kappa shape index (κ1) is 10.6. The predicted molar refractivity (Wildman–Crippen MR) is 62.1 cm³/mol. The summed E-state index contributed by atoms with van der Waals surface area (Å²) in [6.45, 7) is 2.54. The van der Waals surface area contributed by atoms with Crippen molar-refractivity contribution in [3.05, 3.63) is 22.3 Å². The number of nitrogens with one attached hydrogen (secondary N) is 1. The molecule has 0 saturated heterocycles. The Kier molecular flexibility index (Phi) is 2.54. The second kappa shape index (κ2) is 4.06. The number of hydrogen-bond donors (Lipinski definition) is 1. The summed E-state index contributed by atoms with van der Waals surface area (Å²) in [5.74, 6) is 2.95. The van der Waals surface area contributed by atoms with Crippen LogP contribution in [0.1, 0.15) is 36.3 Å². The predicted octanol–water partition coefficient (Wildman–Crippen LogP) is 1.75. The van der Waals surface area contributed by atoms with Crippen LogP contribution in [-0.2, 0) is 13.0 Å². The zero-order valence-electron chi connectivity index (χ0n) is 9.51. The van der Waals surface area contributed by atoms with Gasteiger partial charge >= 0.3 is 0 Å². The third-order valence-corrected chi connectivity index (χ3v) is 3.17. The lowest BCUT2D eigenvalue weighted by atomic mass is 10.3. The van der Waals surface area contributed by atoms with Crippen molar-refractivity contribution in [2.75, 3.05) is 0 Å². The Balaban J connectivity index is 1.76. The van der Waals surface area contributed by atoms with Crippen LogP contribution in [0.5, 0.6) is 0 Å². The molecular weight excluding hydrogens is 238 g/mol. The number of rotatable bonds is 4. The molecule has 0 aromatic carbocycles. The molecule has 2 aromatic heterocycles. The number of hydrogen-bond acceptors (Lipinski definition) is 5. The van der Waals surface area contributed by atoms with Crippen molar-refractivity contribution in [3.63, 3.8) is 0 Å². The quantitative estimate of drug-likeness (QED) is 0.838. The van der Waals surface area contributed by atoms with Gasteiger partial charge in [-0.1, -0.05) is 5.16 Å². The molecule has 6 nitrogen and oxygen atoms in total. The van der Waals surface area contributed by atoms with Crippen LogP contribution >= 0.6 is 12.2 Å². The average Bonchev–Trinajstić information content (AvgIpc) is 2.97. The molecular formula is C10H13N5OS. The van der Waals surface area contributed by atoms with Crippen LogP contribution in [0.15, 0.2) is 4.52 Å². The van der Waals surface area contributed by atoms with Crippen LogP contribution in [0.3, 0.4) is 0 Å². The fourth-order valence-electron chi connectivity index (χ4n) is 1.85. The first-order valence-electron chi connectivity index (χ1n) is 5.68. The Morgan fingerprint density at radius 1 is 1.53 bits per heavy atom. The molecule has 7 heteroatoms. The number of aromatic amines is 1. The molecule has 0 atom stereocenters. The summed E-state index contributed by atoms with van der Waals surface area (Å²) in [6, 6.07) is 0. The van der Waals surface area contributed by atoms with Crippen molar-refractivity contribution in [3.8, 4) is 0 Å². The molecule has 1 fully saturated rings. The molecule has 90 valence electrons. The van der Waals surface area contributed by atoms with E-state index >= 15 is 0 Å². The molecule has 1 N–H and O–H groups in total. The van der Waals surface area contributed by atoms with E-state index in [9.17, 15) is 0 Å². The zero-order chi connectivity index (χ0) is 11.8. The summed E-state index contributed by atoms with van der Waals surface area (Å²) in [5.41, 5.74) is 0. The van der Waals surface area contributed by atoms with Crippen molar-refractivity contribution in [1.29, 1.82) is 0 Å². The Hall–Kier alpha value is -1.50. The highest BCUT2D eigenvalue weighted by Crippen LogP contribution is 2.38. The highest BCUT2D eigenvalue weighted by atomic mass is 32.1. The Bertz CT molecular complexity index is 580. The van der Waals surface area contributed by atoms with E-state index in [4.69, 9.17) is 16.7 Å². The second-order valence-corrected chi connectivity index (χ2v) is 4.68. The largest absolute Gasteiger partial charge is 0.340 e. The third kappa shape index (κ3) is 2.14. The molecule has 0 radical (unpaired) electrons. The van der Waals surface area contributed by atoms with Crippen LogP contribution in [-0.4, -0.2) is 24.9 Å². The van der Waals surface area contributed by atoms with E-state index in [1.807, 2.05) is 4.57 Å². The summed E-state index contributed by atoms with van der Waals surface area (Å²) in [4.78, 5) is 4.17. The molecule has 0 amide bonds. The minimum Gasteiger partial charge on any atom is -0.340 e. The van der Waals surface area contributed by atoms with Gasteiger partial charge in [0.15, 0.2) is 10.6 Å². The molecule has 0 aliphatic heterocycles. The number of aryl methyl sites for hydroxylation is 2. The lowest BCUT2D eigenvalue weighted by molar-refractivity contribution is 0.386. The van der Waals surface area contributed by atoms with E-state index in [1.165, 1.54) is 12.8 Å². The SMILES string of the molecule is Cc1nc(CCn2c(C3CC3)n[nH]c2=S)no1. The normalized spacial score (nSPS) is 15.4. The van der Waals surface area contributed by atoms with Crippen LogP contribution in [0, 0.1) is 11.7 Å². The van der Waals surface area contributed by atoms with Crippen LogP contribution in [0.4, 0.5) is 0 Å². The second-order valence-electron chi connectivity index (χ2n) is 4.29. The van der Waals surface area contributed by atoms with Gasteiger partial charge in [0, 0.05) is 25.8 Å². The van der Waals surface area contributed by atoms with Gasteiger partial charge in [0.2, 0.25) is 5.89 Å². The Morgan fingerprint density at radius 3 is 3.00 bits per heavy atom. The summed E-state index contributed by atoms with van der Waals surface area (Å²) >= 11 is 5.22. The van der Waals surface area contributed by atoms with Gasteiger partial charge < -0.3 is 9.09 Å². The Labute approximate surface area is 103 Å². The lowest BCUT2D eigenvalue weighted by Crippen LogP contribution is -2.06. The van der Waals surface area contributed by atoms with E-state index in [2.05, 4.69) is 20.3 Å². The van der Waals surface area contributed by atoms with E-state index in [1.54, 1.807) is 6.92 Å². The molecule has 1 aliphatic rings. The first-order chi connectivity index (χ1) is 8.24. The van der Waals surface area contributed by atoms with Gasteiger partial charge in [-0.2, -0.15) is 10.1 Å². The molecule has 0 unspecified atom stereocenters. The third-order valence-electron chi connectivity index (χ3n) is 2.86. The zero-order valence-corrected chi connectivity index (χ0v) is 10.3. The molecule has 1 saturated carbocycles. The fraction of sp³-hybridized carbons (Fsp3) is 0.600. The monoisotopic (exact) mass is 251 g/mol. The van der Waals surface area contributed by atoms with E-state index < -0.39 is 0 Å². The van der Waals surface area contributed by atoms with E-state index in [-0.39, 0.29) is 0 Å². The molecule has 3 rings (SSSR count). The highest BCUT2D eigenvalue weighted by molar-refractivity contribution is 7.71. The molecule has 17 heavy (non-hydrogen) atoms. The maximum Gasteiger partial charge on any atom is 0.223 e. The van der Waals surface area contributed by atoms with Crippen LogP contribution in [0.2, 0.25) is 0 Å². The molecule has 0 bridgehead atoms. The van der Waals surface area contributed by atoms with Crippen LogP contribution < -0.4 is 0 Å². The van der Waals surface area contributed by atoms with Crippen molar-refractivity contribution < 1.29 is 4.52 Å². The maximum atomic E-state index is 5.22. The summed E-state index contributed by atoms with van der Waals surface area (Å²) in [7, 11) is 0. The van der Waals surface area contributed by atoms with Gasteiger partial charge in [-0.05, 0) is 25.1 Å². The van der Waals surface area contributed by atoms with Crippen molar-refractivity contribution >= 4 is 12.2 Å². The molecule has 2 heterocycles. The Morgan fingerprint density at radius 2 is 2.35 bits per heavy atom.